The van der Waals surface area contributed by atoms with Gasteiger partial charge in [-0.05, 0) is 62.2 Å². The van der Waals surface area contributed by atoms with E-state index in [9.17, 15) is 8.42 Å². The number of rotatable bonds is 5. The predicted octanol–water partition coefficient (Wildman–Crippen LogP) is 6.77. The first-order chi connectivity index (χ1) is 16.7. The fraction of sp³-hybridized carbons (Fsp3) is 0.111. The second kappa shape index (κ2) is 8.94. The summed E-state index contributed by atoms with van der Waals surface area (Å²) in [5, 5.41) is 4.08. The van der Waals surface area contributed by atoms with E-state index < -0.39 is 10.0 Å². The molecule has 2 aromatic heterocycles. The van der Waals surface area contributed by atoms with E-state index in [0.29, 0.717) is 11.5 Å². The Labute approximate surface area is 212 Å². The zero-order valence-corrected chi connectivity index (χ0v) is 21.9. The molecule has 5 aromatic rings. The van der Waals surface area contributed by atoms with E-state index in [2.05, 4.69) is 31.2 Å². The lowest BCUT2D eigenvalue weighted by molar-refractivity contribution is 0.589. The van der Waals surface area contributed by atoms with E-state index >= 15 is 0 Å². The van der Waals surface area contributed by atoms with Crippen LogP contribution in [0.2, 0.25) is 0 Å². The van der Waals surface area contributed by atoms with Gasteiger partial charge in [-0.15, -0.1) is 0 Å². The molecule has 0 aliphatic rings. The van der Waals surface area contributed by atoms with Crippen molar-refractivity contribution in [3.8, 4) is 11.1 Å². The third-order valence-electron chi connectivity index (χ3n) is 5.99. The first-order valence-electron chi connectivity index (χ1n) is 11.0. The average Bonchev–Trinajstić information content (AvgIpc) is 3.22. The van der Waals surface area contributed by atoms with E-state index in [1.165, 1.54) is 3.97 Å². The van der Waals surface area contributed by atoms with Gasteiger partial charge < -0.3 is 5.32 Å². The molecule has 0 radical (unpaired) electrons. The Morgan fingerprint density at radius 1 is 0.886 bits per heavy atom. The molecule has 0 atom stereocenters. The first kappa shape index (κ1) is 23.3. The average molecular weight is 547 g/mol. The van der Waals surface area contributed by atoms with Gasteiger partial charge in [-0.3, -0.25) is 0 Å². The van der Waals surface area contributed by atoms with Crippen LogP contribution < -0.4 is 5.32 Å². The molecular formula is C27H23BrN4O2S. The summed E-state index contributed by atoms with van der Waals surface area (Å²) in [7, 11) is -3.79. The summed E-state index contributed by atoms with van der Waals surface area (Å²) >= 11 is 3.51. The number of nitrogens with one attached hydrogen (secondary N) is 1. The van der Waals surface area contributed by atoms with Gasteiger partial charge in [0.2, 0.25) is 5.95 Å². The number of anilines is 2. The maximum absolute atomic E-state index is 13.5. The second-order valence-electron chi connectivity index (χ2n) is 8.51. The maximum Gasteiger partial charge on any atom is 0.268 e. The summed E-state index contributed by atoms with van der Waals surface area (Å²) in [5.41, 5.74) is 6.22. The molecule has 2 heterocycles. The number of benzene rings is 3. The summed E-state index contributed by atoms with van der Waals surface area (Å²) in [5.74, 6) is 0.475. The minimum absolute atomic E-state index is 0.235. The standard InChI is InChI=1S/C27H23BrN4O2S/c1-17-7-10-22(11-8-17)35(33,34)32-16-24(23-13-21(28)9-12-25(23)32)20-14-29-27(30-15-20)31-26-18(2)5-4-6-19(26)3/h4-16H,1-3H3,(H,29,30,31). The molecule has 0 bridgehead atoms. The molecule has 1 N–H and O–H groups in total. The van der Waals surface area contributed by atoms with Crippen LogP contribution in [0.4, 0.5) is 11.6 Å². The summed E-state index contributed by atoms with van der Waals surface area (Å²) in [6, 6.07) is 18.5. The van der Waals surface area contributed by atoms with E-state index in [1.807, 2.05) is 51.1 Å². The van der Waals surface area contributed by atoms with Gasteiger partial charge in [0.25, 0.3) is 10.0 Å². The summed E-state index contributed by atoms with van der Waals surface area (Å²) in [6.45, 7) is 5.99. The van der Waals surface area contributed by atoms with Gasteiger partial charge in [-0.2, -0.15) is 0 Å². The van der Waals surface area contributed by atoms with Crippen molar-refractivity contribution in [1.82, 2.24) is 13.9 Å². The van der Waals surface area contributed by atoms with Gasteiger partial charge in [0.15, 0.2) is 0 Å². The zero-order chi connectivity index (χ0) is 24.7. The van der Waals surface area contributed by atoms with E-state index in [1.54, 1.807) is 48.9 Å². The third kappa shape index (κ3) is 4.35. The second-order valence-corrected chi connectivity index (χ2v) is 11.2. The van der Waals surface area contributed by atoms with Crippen LogP contribution in [0, 0.1) is 20.8 Å². The molecule has 0 saturated heterocycles. The van der Waals surface area contributed by atoms with Crippen molar-refractivity contribution in [2.45, 2.75) is 25.7 Å². The van der Waals surface area contributed by atoms with Crippen molar-refractivity contribution >= 4 is 48.5 Å². The van der Waals surface area contributed by atoms with E-state index in [-0.39, 0.29) is 4.90 Å². The Hall–Kier alpha value is -3.49. The Bertz CT molecular complexity index is 1640. The highest BCUT2D eigenvalue weighted by atomic mass is 79.9. The Morgan fingerprint density at radius 3 is 2.20 bits per heavy atom. The molecule has 0 amide bonds. The summed E-state index contributed by atoms with van der Waals surface area (Å²) in [6.07, 6.45) is 5.06. The highest BCUT2D eigenvalue weighted by molar-refractivity contribution is 9.10. The lowest BCUT2D eigenvalue weighted by Gasteiger charge is -2.11. The van der Waals surface area contributed by atoms with Gasteiger partial charge in [-0.25, -0.2) is 22.4 Å². The maximum atomic E-state index is 13.5. The lowest BCUT2D eigenvalue weighted by Crippen LogP contribution is -2.11. The largest absolute Gasteiger partial charge is 0.324 e. The van der Waals surface area contributed by atoms with Crippen molar-refractivity contribution in [2.75, 3.05) is 5.32 Å². The van der Waals surface area contributed by atoms with Crippen LogP contribution in [0.5, 0.6) is 0 Å². The van der Waals surface area contributed by atoms with Gasteiger partial charge in [0, 0.05) is 45.3 Å². The minimum atomic E-state index is -3.79. The molecule has 5 rings (SSSR count). The third-order valence-corrected chi connectivity index (χ3v) is 8.17. The minimum Gasteiger partial charge on any atom is -0.324 e. The zero-order valence-electron chi connectivity index (χ0n) is 19.4. The predicted molar refractivity (Wildman–Crippen MR) is 144 cm³/mol. The molecule has 35 heavy (non-hydrogen) atoms. The van der Waals surface area contributed by atoms with Gasteiger partial charge in [0.1, 0.15) is 0 Å². The molecule has 0 spiro atoms. The van der Waals surface area contributed by atoms with Crippen LogP contribution in [0.15, 0.2) is 88.6 Å². The normalized spacial score (nSPS) is 11.7. The fourth-order valence-electron chi connectivity index (χ4n) is 4.08. The number of aryl methyl sites for hydroxylation is 3. The van der Waals surface area contributed by atoms with Crippen LogP contribution in [0.3, 0.4) is 0 Å². The van der Waals surface area contributed by atoms with Crippen LogP contribution in [0.25, 0.3) is 22.0 Å². The first-order valence-corrected chi connectivity index (χ1v) is 13.3. The molecule has 0 fully saturated rings. The Balaban J connectivity index is 1.58. The number of fused-ring (bicyclic) bond motifs is 1. The van der Waals surface area contributed by atoms with E-state index in [0.717, 1.165) is 43.4 Å². The molecule has 0 unspecified atom stereocenters. The Kier molecular flexibility index (Phi) is 5.94. The molecule has 176 valence electrons. The topological polar surface area (TPSA) is 76.9 Å². The molecule has 3 aromatic carbocycles. The number of halogens is 1. The van der Waals surface area contributed by atoms with Crippen molar-refractivity contribution in [3.05, 3.63) is 100 Å². The van der Waals surface area contributed by atoms with Crippen molar-refractivity contribution in [1.29, 1.82) is 0 Å². The molecule has 0 saturated carbocycles. The highest BCUT2D eigenvalue weighted by Crippen LogP contribution is 2.34. The van der Waals surface area contributed by atoms with Gasteiger partial charge in [-0.1, -0.05) is 51.8 Å². The van der Waals surface area contributed by atoms with Gasteiger partial charge in [0.05, 0.1) is 10.4 Å². The number of aromatic nitrogens is 3. The van der Waals surface area contributed by atoms with Gasteiger partial charge >= 0.3 is 0 Å². The number of para-hydroxylation sites is 1. The fourth-order valence-corrected chi connectivity index (χ4v) is 5.81. The quantitative estimate of drug-likeness (QED) is 0.263. The Morgan fingerprint density at radius 2 is 1.54 bits per heavy atom. The van der Waals surface area contributed by atoms with Crippen molar-refractivity contribution < 1.29 is 8.42 Å². The summed E-state index contributed by atoms with van der Waals surface area (Å²) in [4.78, 5) is 9.25. The highest BCUT2D eigenvalue weighted by Gasteiger charge is 2.22. The van der Waals surface area contributed by atoms with Crippen LogP contribution >= 0.6 is 15.9 Å². The smallest absolute Gasteiger partial charge is 0.268 e. The van der Waals surface area contributed by atoms with Crippen LogP contribution in [-0.2, 0) is 10.0 Å². The van der Waals surface area contributed by atoms with Crippen molar-refractivity contribution in [2.24, 2.45) is 0 Å². The molecular weight excluding hydrogens is 524 g/mol. The lowest BCUT2D eigenvalue weighted by atomic mass is 10.1. The van der Waals surface area contributed by atoms with E-state index in [4.69, 9.17) is 0 Å². The molecule has 0 aliphatic carbocycles. The van der Waals surface area contributed by atoms with Crippen molar-refractivity contribution in [3.63, 3.8) is 0 Å². The number of nitrogens with zero attached hydrogens (tertiary/aromatic N) is 3. The van der Waals surface area contributed by atoms with Crippen LogP contribution in [-0.4, -0.2) is 22.4 Å². The molecule has 6 nitrogen and oxygen atoms in total. The monoisotopic (exact) mass is 546 g/mol. The van der Waals surface area contributed by atoms with Crippen LogP contribution in [0.1, 0.15) is 16.7 Å². The summed E-state index contributed by atoms with van der Waals surface area (Å²) < 4.78 is 29.2. The number of hydrogen-bond acceptors (Lipinski definition) is 5. The SMILES string of the molecule is Cc1ccc(S(=O)(=O)n2cc(-c3cnc(Nc4c(C)cccc4C)nc3)c3cc(Br)ccc32)cc1. The number of hydrogen-bond donors (Lipinski definition) is 1. The molecule has 8 heteroatoms. The molecule has 0 aliphatic heterocycles.